The maximum Gasteiger partial charge on any atom is 0.146 e. The van der Waals surface area contributed by atoms with Gasteiger partial charge in [0.1, 0.15) is 11.6 Å². The van der Waals surface area contributed by atoms with Crippen molar-refractivity contribution >= 4 is 11.6 Å². The van der Waals surface area contributed by atoms with Crippen molar-refractivity contribution in [2.75, 3.05) is 0 Å². The highest BCUT2D eigenvalue weighted by Crippen LogP contribution is 2.34. The lowest BCUT2D eigenvalue weighted by Gasteiger charge is -2.14. The van der Waals surface area contributed by atoms with Gasteiger partial charge < -0.3 is 0 Å². The predicted molar refractivity (Wildman–Crippen MR) is 51.4 cm³/mol. The second-order valence-corrected chi connectivity index (χ2v) is 4.19. The molecule has 0 amide bonds. The second-order valence-electron chi connectivity index (χ2n) is 4.19. The third kappa shape index (κ3) is 2.39. The van der Waals surface area contributed by atoms with Crippen LogP contribution in [-0.2, 0) is 9.59 Å². The number of Topliss-reactive ketones (excluding diaryl/α,β-unsaturated/α-hetero) is 2. The Morgan fingerprint density at radius 2 is 1.85 bits per heavy atom. The first kappa shape index (κ1) is 10.4. The molecule has 1 unspecified atom stereocenters. The van der Waals surface area contributed by atoms with Crippen LogP contribution < -0.4 is 0 Å². The van der Waals surface area contributed by atoms with Crippen LogP contribution >= 0.6 is 0 Å². The zero-order chi connectivity index (χ0) is 10.0. The molecule has 1 aliphatic carbocycles. The van der Waals surface area contributed by atoms with Crippen LogP contribution in [0.3, 0.4) is 0 Å². The molecule has 1 fully saturated rings. The van der Waals surface area contributed by atoms with Gasteiger partial charge in [0.2, 0.25) is 0 Å². The molecule has 0 N–H and O–H groups in total. The van der Waals surface area contributed by atoms with Gasteiger partial charge in [-0.2, -0.15) is 0 Å². The molecule has 1 rings (SSSR count). The van der Waals surface area contributed by atoms with Crippen molar-refractivity contribution in [3.63, 3.8) is 0 Å². The van der Waals surface area contributed by atoms with Gasteiger partial charge in [-0.1, -0.05) is 20.8 Å². The molecule has 0 aromatic carbocycles. The van der Waals surface area contributed by atoms with Gasteiger partial charge in [-0.25, -0.2) is 0 Å². The normalized spacial score (nSPS) is 18.8. The van der Waals surface area contributed by atoms with Crippen molar-refractivity contribution < 1.29 is 9.59 Å². The lowest BCUT2D eigenvalue weighted by Crippen LogP contribution is -2.28. The maximum atomic E-state index is 11.7. The van der Waals surface area contributed by atoms with E-state index in [0.29, 0.717) is 6.42 Å². The van der Waals surface area contributed by atoms with Crippen molar-refractivity contribution in [2.24, 2.45) is 17.8 Å². The van der Waals surface area contributed by atoms with Crippen molar-refractivity contribution in [1.29, 1.82) is 0 Å². The summed E-state index contributed by atoms with van der Waals surface area (Å²) in [4.78, 5) is 23.3. The molecule has 0 aromatic rings. The van der Waals surface area contributed by atoms with Crippen LogP contribution in [0.5, 0.6) is 0 Å². The Hall–Kier alpha value is -0.660. The average Bonchev–Trinajstić information content (AvgIpc) is 2.87. The Kier molecular flexibility index (Phi) is 3.23. The Labute approximate surface area is 79.7 Å². The molecule has 1 saturated carbocycles. The van der Waals surface area contributed by atoms with Crippen LogP contribution in [-0.4, -0.2) is 11.6 Å². The number of rotatable bonds is 5. The van der Waals surface area contributed by atoms with E-state index in [0.717, 1.165) is 12.8 Å². The topological polar surface area (TPSA) is 34.1 Å². The molecule has 0 radical (unpaired) electrons. The summed E-state index contributed by atoms with van der Waals surface area (Å²) in [6.45, 7) is 5.65. The largest absolute Gasteiger partial charge is 0.299 e. The van der Waals surface area contributed by atoms with Crippen LogP contribution in [0.25, 0.3) is 0 Å². The first-order chi connectivity index (χ1) is 6.07. The highest BCUT2D eigenvalue weighted by molar-refractivity contribution is 6.04. The van der Waals surface area contributed by atoms with E-state index in [4.69, 9.17) is 0 Å². The van der Waals surface area contributed by atoms with Gasteiger partial charge in [-0.15, -0.1) is 0 Å². The predicted octanol–water partition coefficient (Wildman–Crippen LogP) is 2.22. The molecule has 1 atom stereocenters. The van der Waals surface area contributed by atoms with Gasteiger partial charge in [0.05, 0.1) is 5.92 Å². The van der Waals surface area contributed by atoms with E-state index >= 15 is 0 Å². The van der Waals surface area contributed by atoms with Gasteiger partial charge in [0.25, 0.3) is 0 Å². The molecule has 1 aliphatic rings. The van der Waals surface area contributed by atoms with Crippen molar-refractivity contribution in [2.45, 2.75) is 40.0 Å². The standard InChI is InChI=1S/C11H18O2/c1-4-9(10(12)7(2)3)11(13)8-5-6-8/h7-9H,4-6H2,1-3H3. The number of carbonyl (C=O) groups is 2. The summed E-state index contributed by atoms with van der Waals surface area (Å²) in [7, 11) is 0. The minimum absolute atomic E-state index is 0.00681. The monoisotopic (exact) mass is 182 g/mol. The molecule has 0 spiro atoms. The molecule has 0 aliphatic heterocycles. The number of ketones is 2. The zero-order valence-corrected chi connectivity index (χ0v) is 8.67. The van der Waals surface area contributed by atoms with E-state index in [1.54, 1.807) is 0 Å². The first-order valence-electron chi connectivity index (χ1n) is 5.15. The molecule has 0 aromatic heterocycles. The van der Waals surface area contributed by atoms with E-state index in [2.05, 4.69) is 0 Å². The molecule has 13 heavy (non-hydrogen) atoms. The third-order valence-corrected chi connectivity index (χ3v) is 2.64. The number of hydrogen-bond acceptors (Lipinski definition) is 2. The summed E-state index contributed by atoms with van der Waals surface area (Å²) in [6.07, 6.45) is 2.67. The molecule has 74 valence electrons. The smallest absolute Gasteiger partial charge is 0.146 e. The van der Waals surface area contributed by atoms with Gasteiger partial charge in [-0.3, -0.25) is 9.59 Å². The van der Waals surface area contributed by atoms with Crippen molar-refractivity contribution in [1.82, 2.24) is 0 Å². The fourth-order valence-corrected chi connectivity index (χ4v) is 1.60. The first-order valence-corrected chi connectivity index (χ1v) is 5.15. The lowest BCUT2D eigenvalue weighted by molar-refractivity contribution is -0.135. The molecule has 2 nitrogen and oxygen atoms in total. The van der Waals surface area contributed by atoms with Crippen LogP contribution in [0.4, 0.5) is 0 Å². The van der Waals surface area contributed by atoms with E-state index in [9.17, 15) is 9.59 Å². The molecular weight excluding hydrogens is 164 g/mol. The summed E-state index contributed by atoms with van der Waals surface area (Å²) in [5.74, 6) is 0.216. The Balaban J connectivity index is 2.60. The summed E-state index contributed by atoms with van der Waals surface area (Å²) in [5.41, 5.74) is 0. The highest BCUT2D eigenvalue weighted by atomic mass is 16.2. The summed E-state index contributed by atoms with van der Waals surface area (Å²) in [6, 6.07) is 0. The van der Waals surface area contributed by atoms with Gasteiger partial charge >= 0.3 is 0 Å². The van der Waals surface area contributed by atoms with Crippen LogP contribution in [0.1, 0.15) is 40.0 Å². The van der Waals surface area contributed by atoms with Gasteiger partial charge in [0, 0.05) is 11.8 Å². The Morgan fingerprint density at radius 3 is 2.15 bits per heavy atom. The van der Waals surface area contributed by atoms with Crippen LogP contribution in [0.2, 0.25) is 0 Å². The summed E-state index contributed by atoms with van der Waals surface area (Å²) < 4.78 is 0. The van der Waals surface area contributed by atoms with Crippen LogP contribution in [0.15, 0.2) is 0 Å². The molecule has 0 heterocycles. The van der Waals surface area contributed by atoms with Gasteiger partial charge in [0.15, 0.2) is 0 Å². The molecular formula is C11H18O2. The van der Waals surface area contributed by atoms with E-state index in [1.807, 2.05) is 20.8 Å². The average molecular weight is 182 g/mol. The summed E-state index contributed by atoms with van der Waals surface area (Å²) in [5, 5.41) is 0. The van der Waals surface area contributed by atoms with E-state index in [1.165, 1.54) is 0 Å². The van der Waals surface area contributed by atoms with Crippen LogP contribution in [0, 0.1) is 17.8 Å². The Morgan fingerprint density at radius 1 is 1.31 bits per heavy atom. The second kappa shape index (κ2) is 4.03. The van der Waals surface area contributed by atoms with Crippen molar-refractivity contribution in [3.05, 3.63) is 0 Å². The minimum atomic E-state index is -0.313. The molecule has 0 bridgehead atoms. The molecule has 2 heteroatoms. The third-order valence-electron chi connectivity index (χ3n) is 2.64. The zero-order valence-electron chi connectivity index (χ0n) is 8.67. The highest BCUT2D eigenvalue weighted by Gasteiger charge is 2.37. The summed E-state index contributed by atoms with van der Waals surface area (Å²) >= 11 is 0. The fraction of sp³-hybridized carbons (Fsp3) is 0.818. The van der Waals surface area contributed by atoms with E-state index in [-0.39, 0.29) is 29.3 Å². The quantitative estimate of drug-likeness (QED) is 0.611. The van der Waals surface area contributed by atoms with Crippen molar-refractivity contribution in [3.8, 4) is 0 Å². The number of hydrogen-bond donors (Lipinski definition) is 0. The minimum Gasteiger partial charge on any atom is -0.299 e. The SMILES string of the molecule is CCC(C(=O)C(C)C)C(=O)C1CC1. The maximum absolute atomic E-state index is 11.7. The number of carbonyl (C=O) groups excluding carboxylic acids is 2. The molecule has 0 saturated heterocycles. The van der Waals surface area contributed by atoms with Gasteiger partial charge in [-0.05, 0) is 19.3 Å². The van der Waals surface area contributed by atoms with E-state index < -0.39 is 0 Å². The lowest BCUT2D eigenvalue weighted by atomic mass is 9.88. The fourth-order valence-electron chi connectivity index (χ4n) is 1.60. The Bertz CT molecular complexity index is 200.